The Bertz CT molecular complexity index is 972. The number of aldehydes is 1. The molecular weight excluding hydrogens is 382 g/mol. The molecule has 1 atom stereocenters. The van der Waals surface area contributed by atoms with Gasteiger partial charge in [0.05, 0.1) is 47.3 Å². The Morgan fingerprint density at radius 3 is 2.66 bits per heavy atom. The zero-order valence-electron chi connectivity index (χ0n) is 15.6. The summed E-state index contributed by atoms with van der Waals surface area (Å²) in [6.45, 7) is 1.33. The van der Waals surface area contributed by atoms with Crippen LogP contribution in [0.5, 0.6) is 0 Å². The Morgan fingerprint density at radius 2 is 2.07 bits per heavy atom. The summed E-state index contributed by atoms with van der Waals surface area (Å²) in [5.74, 6) is -2.85. The monoisotopic (exact) mass is 399 g/mol. The minimum Gasteiger partial charge on any atom is -0.466 e. The van der Waals surface area contributed by atoms with Crippen LogP contribution in [0, 0.1) is 21.4 Å². The van der Waals surface area contributed by atoms with Crippen molar-refractivity contribution < 1.29 is 28.8 Å². The van der Waals surface area contributed by atoms with E-state index < -0.39 is 22.8 Å². The van der Waals surface area contributed by atoms with Gasteiger partial charge in [-0.15, -0.1) is 0 Å². The standard InChI is InChI=1S/C19H17N3O7/c1-11-15(19(25)29-8-4-7-20)16(12-5-3-6-13(9-12)22(26)27)17(18(24)28-2)14(10-23)21-11/h3,5-6,9-10,16,21H,4,8H2,1-2H3. The van der Waals surface area contributed by atoms with Crippen molar-refractivity contribution in [1.82, 2.24) is 5.32 Å². The van der Waals surface area contributed by atoms with Crippen molar-refractivity contribution in [2.75, 3.05) is 13.7 Å². The smallest absolute Gasteiger partial charge is 0.336 e. The molecule has 0 radical (unpaired) electrons. The van der Waals surface area contributed by atoms with Crippen molar-refractivity contribution in [3.8, 4) is 6.07 Å². The molecule has 0 amide bonds. The number of nitrogens with zero attached hydrogens (tertiary/aromatic N) is 2. The first-order valence-corrected chi connectivity index (χ1v) is 8.39. The molecule has 0 saturated carbocycles. The van der Waals surface area contributed by atoms with Crippen molar-refractivity contribution in [2.24, 2.45) is 0 Å². The van der Waals surface area contributed by atoms with Gasteiger partial charge in [-0.2, -0.15) is 5.26 Å². The summed E-state index contributed by atoms with van der Waals surface area (Å²) in [6, 6.07) is 7.19. The number of allylic oxidation sites excluding steroid dienone is 2. The first-order valence-electron chi connectivity index (χ1n) is 8.39. The summed E-state index contributed by atoms with van der Waals surface area (Å²) in [4.78, 5) is 47.3. The fraction of sp³-hybridized carbons (Fsp3) is 0.263. The van der Waals surface area contributed by atoms with E-state index in [0.717, 1.165) is 7.11 Å². The van der Waals surface area contributed by atoms with Gasteiger partial charge in [-0.1, -0.05) is 12.1 Å². The highest BCUT2D eigenvalue weighted by Crippen LogP contribution is 2.39. The van der Waals surface area contributed by atoms with E-state index in [0.29, 0.717) is 6.29 Å². The topological polar surface area (TPSA) is 149 Å². The lowest BCUT2D eigenvalue weighted by atomic mass is 9.80. The van der Waals surface area contributed by atoms with Gasteiger partial charge in [-0.05, 0) is 12.5 Å². The van der Waals surface area contributed by atoms with Gasteiger partial charge in [0.1, 0.15) is 6.61 Å². The number of dihydropyridines is 1. The van der Waals surface area contributed by atoms with Gasteiger partial charge in [0.25, 0.3) is 5.69 Å². The van der Waals surface area contributed by atoms with E-state index in [9.17, 15) is 24.5 Å². The van der Waals surface area contributed by atoms with Gasteiger partial charge < -0.3 is 14.8 Å². The highest BCUT2D eigenvalue weighted by atomic mass is 16.6. The Balaban J connectivity index is 2.68. The summed E-state index contributed by atoms with van der Waals surface area (Å²) in [7, 11) is 1.11. The van der Waals surface area contributed by atoms with Crippen LogP contribution in [0.25, 0.3) is 0 Å². The number of ether oxygens (including phenoxy) is 2. The zero-order chi connectivity index (χ0) is 21.6. The van der Waals surface area contributed by atoms with Crippen molar-refractivity contribution in [1.29, 1.82) is 5.26 Å². The number of hydrogen-bond acceptors (Lipinski definition) is 9. The Hall–Kier alpha value is -4.00. The molecule has 0 aliphatic carbocycles. The van der Waals surface area contributed by atoms with Crippen LogP contribution in [-0.2, 0) is 23.9 Å². The molecule has 10 heteroatoms. The third-order valence-corrected chi connectivity index (χ3v) is 4.20. The second-order valence-corrected chi connectivity index (χ2v) is 5.93. The first-order chi connectivity index (χ1) is 13.8. The number of methoxy groups -OCH3 is 1. The minimum absolute atomic E-state index is 0.0190. The molecule has 1 N–H and O–H groups in total. The SMILES string of the molecule is COC(=O)C1=C(C=O)NC(C)=C(C(=O)OCCC#N)C1c1cccc([N+](=O)[O-])c1. The summed E-state index contributed by atoms with van der Waals surface area (Å²) < 4.78 is 9.86. The number of nitro groups is 1. The van der Waals surface area contributed by atoms with Gasteiger partial charge in [-0.25, -0.2) is 9.59 Å². The van der Waals surface area contributed by atoms with E-state index in [4.69, 9.17) is 14.7 Å². The number of carbonyl (C=O) groups excluding carboxylic acids is 3. The van der Waals surface area contributed by atoms with Crippen molar-refractivity contribution in [3.63, 3.8) is 0 Å². The second kappa shape index (κ2) is 9.27. The highest BCUT2D eigenvalue weighted by Gasteiger charge is 2.39. The Morgan fingerprint density at radius 1 is 1.34 bits per heavy atom. The fourth-order valence-corrected chi connectivity index (χ4v) is 2.97. The lowest BCUT2D eigenvalue weighted by molar-refractivity contribution is -0.384. The molecule has 10 nitrogen and oxygen atoms in total. The molecule has 0 spiro atoms. The Kier molecular flexibility index (Phi) is 6.81. The van der Waals surface area contributed by atoms with Crippen LogP contribution in [0.4, 0.5) is 5.69 Å². The number of carbonyl (C=O) groups is 3. The van der Waals surface area contributed by atoms with Crippen molar-refractivity contribution in [2.45, 2.75) is 19.3 Å². The number of nitro benzene ring substituents is 1. The van der Waals surface area contributed by atoms with Crippen LogP contribution in [0.1, 0.15) is 24.8 Å². The van der Waals surface area contributed by atoms with Crippen LogP contribution in [-0.4, -0.2) is 36.9 Å². The normalized spacial score (nSPS) is 15.8. The number of nitriles is 1. The number of rotatable bonds is 7. The molecule has 1 aromatic carbocycles. The number of esters is 2. The average molecular weight is 399 g/mol. The molecular formula is C19H17N3O7. The molecule has 1 aliphatic heterocycles. The van der Waals surface area contributed by atoms with E-state index in [-0.39, 0.29) is 46.8 Å². The molecule has 2 rings (SSSR count). The van der Waals surface area contributed by atoms with Crippen LogP contribution >= 0.6 is 0 Å². The summed E-state index contributed by atoms with van der Waals surface area (Å²) in [5, 5.41) is 22.5. The third-order valence-electron chi connectivity index (χ3n) is 4.20. The predicted octanol–water partition coefficient (Wildman–Crippen LogP) is 1.64. The van der Waals surface area contributed by atoms with Crippen molar-refractivity contribution >= 4 is 23.9 Å². The van der Waals surface area contributed by atoms with Crippen LogP contribution in [0.15, 0.2) is 46.8 Å². The van der Waals surface area contributed by atoms with Crippen LogP contribution in [0.2, 0.25) is 0 Å². The van der Waals surface area contributed by atoms with E-state index in [1.54, 1.807) is 0 Å². The number of nitrogens with one attached hydrogen (secondary N) is 1. The fourth-order valence-electron chi connectivity index (χ4n) is 2.97. The zero-order valence-corrected chi connectivity index (χ0v) is 15.6. The van der Waals surface area contributed by atoms with Gasteiger partial charge in [0.2, 0.25) is 0 Å². The minimum atomic E-state index is -1.14. The van der Waals surface area contributed by atoms with Gasteiger partial charge in [0.15, 0.2) is 6.29 Å². The maximum Gasteiger partial charge on any atom is 0.336 e. The predicted molar refractivity (Wildman–Crippen MR) is 98.0 cm³/mol. The van der Waals surface area contributed by atoms with Gasteiger partial charge in [0, 0.05) is 17.8 Å². The largest absolute Gasteiger partial charge is 0.466 e. The highest BCUT2D eigenvalue weighted by molar-refractivity contribution is 6.03. The summed E-state index contributed by atoms with van der Waals surface area (Å²) in [6.07, 6.45) is 0.365. The summed E-state index contributed by atoms with van der Waals surface area (Å²) in [5.41, 5.74) is -0.118. The molecule has 0 aromatic heterocycles. The average Bonchev–Trinajstić information content (AvgIpc) is 2.72. The lowest BCUT2D eigenvalue weighted by Crippen LogP contribution is -2.33. The molecule has 0 fully saturated rings. The molecule has 1 heterocycles. The molecule has 0 saturated heterocycles. The molecule has 29 heavy (non-hydrogen) atoms. The Labute approximate surface area is 165 Å². The maximum atomic E-state index is 12.7. The number of benzene rings is 1. The first kappa shape index (κ1) is 21.3. The van der Waals surface area contributed by atoms with E-state index in [2.05, 4.69) is 5.32 Å². The summed E-state index contributed by atoms with van der Waals surface area (Å²) >= 11 is 0. The quantitative estimate of drug-likeness (QED) is 0.237. The van der Waals surface area contributed by atoms with Crippen molar-refractivity contribution in [3.05, 3.63) is 62.5 Å². The molecule has 1 unspecified atom stereocenters. The molecule has 1 aromatic rings. The van der Waals surface area contributed by atoms with Gasteiger partial charge in [-0.3, -0.25) is 14.9 Å². The molecule has 1 aliphatic rings. The number of non-ortho nitro benzene ring substituents is 1. The van der Waals surface area contributed by atoms with E-state index >= 15 is 0 Å². The lowest BCUT2D eigenvalue weighted by Gasteiger charge is -2.29. The molecule has 0 bridgehead atoms. The van der Waals surface area contributed by atoms with Crippen LogP contribution < -0.4 is 5.32 Å². The third kappa shape index (κ3) is 4.47. The van der Waals surface area contributed by atoms with Crippen LogP contribution in [0.3, 0.4) is 0 Å². The molecule has 150 valence electrons. The van der Waals surface area contributed by atoms with E-state index in [1.807, 2.05) is 6.07 Å². The van der Waals surface area contributed by atoms with E-state index in [1.165, 1.54) is 31.2 Å². The van der Waals surface area contributed by atoms with Gasteiger partial charge >= 0.3 is 11.9 Å². The number of hydrogen-bond donors (Lipinski definition) is 1. The maximum absolute atomic E-state index is 12.7. The second-order valence-electron chi connectivity index (χ2n) is 5.93.